The summed E-state index contributed by atoms with van der Waals surface area (Å²) in [6, 6.07) is 2.53. The minimum atomic E-state index is -0.613. The van der Waals surface area contributed by atoms with E-state index in [4.69, 9.17) is 22.1 Å². The number of anilines is 1. The lowest BCUT2D eigenvalue weighted by Crippen LogP contribution is -2.25. The Morgan fingerprint density at radius 1 is 1.50 bits per heavy atom. The first-order valence-corrected chi connectivity index (χ1v) is 6.61. The fourth-order valence-electron chi connectivity index (χ4n) is 1.56. The third-order valence-electron chi connectivity index (χ3n) is 2.92. The van der Waals surface area contributed by atoms with Crippen molar-refractivity contribution in [3.8, 4) is 11.8 Å². The van der Waals surface area contributed by atoms with E-state index in [9.17, 15) is 10.1 Å². The predicted molar refractivity (Wildman–Crippen MR) is 79.7 cm³/mol. The van der Waals surface area contributed by atoms with Crippen molar-refractivity contribution in [1.29, 1.82) is 0 Å². The highest BCUT2D eigenvalue weighted by molar-refractivity contribution is 6.33. The van der Waals surface area contributed by atoms with E-state index in [1.165, 1.54) is 12.1 Å². The molecule has 1 aromatic rings. The molecule has 0 spiro atoms. The van der Waals surface area contributed by atoms with Crippen molar-refractivity contribution in [3.05, 3.63) is 32.8 Å². The zero-order valence-electron chi connectivity index (χ0n) is 11.7. The molecule has 1 unspecified atom stereocenters. The van der Waals surface area contributed by atoms with E-state index in [1.807, 2.05) is 20.8 Å². The Labute approximate surface area is 123 Å². The number of nitrogen functional groups attached to an aromatic ring is 1. The van der Waals surface area contributed by atoms with Gasteiger partial charge in [0.1, 0.15) is 5.60 Å². The number of halogens is 1. The first kappa shape index (κ1) is 16.3. The maximum absolute atomic E-state index is 10.8. The highest BCUT2D eigenvalue weighted by atomic mass is 35.5. The van der Waals surface area contributed by atoms with Crippen LogP contribution >= 0.6 is 11.6 Å². The molecule has 1 aromatic carbocycles. The molecule has 108 valence electrons. The fraction of sp³-hybridized carbons (Fsp3) is 0.429. The molecule has 0 saturated carbocycles. The topological polar surface area (TPSA) is 78.4 Å². The van der Waals surface area contributed by atoms with Gasteiger partial charge in [-0.05, 0) is 20.3 Å². The molecule has 0 radical (unpaired) electrons. The first-order chi connectivity index (χ1) is 9.33. The van der Waals surface area contributed by atoms with Crippen molar-refractivity contribution in [1.82, 2.24) is 0 Å². The Morgan fingerprint density at radius 3 is 2.65 bits per heavy atom. The lowest BCUT2D eigenvalue weighted by atomic mass is 10.0. The number of ether oxygens (including phenoxy) is 1. The van der Waals surface area contributed by atoms with Crippen molar-refractivity contribution in [2.75, 3.05) is 12.3 Å². The number of benzene rings is 1. The molecular weight excluding hydrogens is 280 g/mol. The quantitative estimate of drug-likeness (QED) is 0.400. The van der Waals surface area contributed by atoms with E-state index in [1.54, 1.807) is 0 Å². The van der Waals surface area contributed by atoms with E-state index in [0.29, 0.717) is 18.6 Å². The van der Waals surface area contributed by atoms with E-state index in [2.05, 4.69) is 11.8 Å². The van der Waals surface area contributed by atoms with Gasteiger partial charge in [-0.15, -0.1) is 0 Å². The SMILES string of the molecule is CCOC(C)(C#Cc1cc([N+](=O)[O-])cc(Cl)c1N)CC. The van der Waals surface area contributed by atoms with Crippen LogP contribution in [0.25, 0.3) is 0 Å². The van der Waals surface area contributed by atoms with E-state index >= 15 is 0 Å². The number of nitrogens with two attached hydrogens (primary N) is 1. The van der Waals surface area contributed by atoms with Crippen LogP contribution < -0.4 is 5.73 Å². The normalized spacial score (nSPS) is 13.2. The van der Waals surface area contributed by atoms with Gasteiger partial charge >= 0.3 is 0 Å². The summed E-state index contributed by atoms with van der Waals surface area (Å²) in [5.41, 5.74) is 5.62. The molecule has 2 N–H and O–H groups in total. The second kappa shape index (κ2) is 6.60. The van der Waals surface area contributed by atoms with Crippen LogP contribution in [0.15, 0.2) is 12.1 Å². The molecule has 0 aromatic heterocycles. The standard InChI is InChI=1S/C14H17ClN2O3/c1-4-14(3,20-5-2)7-6-10-8-11(17(18)19)9-12(15)13(10)16/h8-9H,4-5,16H2,1-3H3. The van der Waals surface area contributed by atoms with Crippen molar-refractivity contribution >= 4 is 23.0 Å². The summed E-state index contributed by atoms with van der Waals surface area (Å²) in [6.07, 6.45) is 0.691. The summed E-state index contributed by atoms with van der Waals surface area (Å²) in [6.45, 7) is 6.23. The summed E-state index contributed by atoms with van der Waals surface area (Å²) in [5.74, 6) is 5.80. The van der Waals surface area contributed by atoms with Gasteiger partial charge in [0.25, 0.3) is 5.69 Å². The lowest BCUT2D eigenvalue weighted by molar-refractivity contribution is -0.384. The van der Waals surface area contributed by atoms with E-state index in [0.717, 1.165) is 0 Å². The summed E-state index contributed by atoms with van der Waals surface area (Å²) in [5, 5.41) is 10.9. The number of nitro benzene ring substituents is 1. The summed E-state index contributed by atoms with van der Waals surface area (Å²) in [4.78, 5) is 10.3. The zero-order valence-corrected chi connectivity index (χ0v) is 12.5. The number of rotatable bonds is 4. The molecule has 0 fully saturated rings. The molecule has 0 aliphatic heterocycles. The minimum absolute atomic E-state index is 0.123. The fourth-order valence-corrected chi connectivity index (χ4v) is 1.77. The summed E-state index contributed by atoms with van der Waals surface area (Å²) in [7, 11) is 0. The Bertz CT molecular complexity index is 578. The maximum atomic E-state index is 10.8. The molecule has 6 heteroatoms. The van der Waals surface area contributed by atoms with Crippen LogP contribution in [0.2, 0.25) is 5.02 Å². The number of nitrogens with zero attached hydrogens (tertiary/aromatic N) is 1. The second-order valence-corrected chi connectivity index (χ2v) is 4.82. The molecule has 1 rings (SSSR count). The van der Waals surface area contributed by atoms with Gasteiger partial charge in [0, 0.05) is 18.7 Å². The second-order valence-electron chi connectivity index (χ2n) is 4.41. The Morgan fingerprint density at radius 2 is 2.15 bits per heavy atom. The minimum Gasteiger partial charge on any atom is -0.397 e. The van der Waals surface area contributed by atoms with E-state index < -0.39 is 10.5 Å². The van der Waals surface area contributed by atoms with Crippen LogP contribution in [0.3, 0.4) is 0 Å². The van der Waals surface area contributed by atoms with Crippen molar-refractivity contribution in [2.24, 2.45) is 0 Å². The van der Waals surface area contributed by atoms with Crippen LogP contribution in [0.1, 0.15) is 32.8 Å². The number of non-ortho nitro benzene ring substituents is 1. The molecule has 0 saturated heterocycles. The third-order valence-corrected chi connectivity index (χ3v) is 3.24. The average Bonchev–Trinajstić information content (AvgIpc) is 2.40. The Kier molecular flexibility index (Phi) is 5.37. The number of hydrogen-bond acceptors (Lipinski definition) is 4. The number of nitro groups is 1. The van der Waals surface area contributed by atoms with Crippen LogP contribution in [0.4, 0.5) is 11.4 Å². The van der Waals surface area contributed by atoms with Crippen LogP contribution in [-0.4, -0.2) is 17.1 Å². The molecule has 5 nitrogen and oxygen atoms in total. The van der Waals surface area contributed by atoms with Crippen LogP contribution in [-0.2, 0) is 4.74 Å². The molecule has 0 heterocycles. The highest BCUT2D eigenvalue weighted by Crippen LogP contribution is 2.28. The molecule has 0 amide bonds. The molecule has 0 aliphatic rings. The molecule has 0 aliphatic carbocycles. The molecule has 20 heavy (non-hydrogen) atoms. The van der Waals surface area contributed by atoms with Gasteiger partial charge in [-0.3, -0.25) is 10.1 Å². The van der Waals surface area contributed by atoms with Crippen molar-refractivity contribution in [2.45, 2.75) is 32.8 Å². The first-order valence-electron chi connectivity index (χ1n) is 6.23. The van der Waals surface area contributed by atoms with Crippen molar-refractivity contribution in [3.63, 3.8) is 0 Å². The predicted octanol–water partition coefficient (Wildman–Crippen LogP) is 3.39. The molecule has 1 atom stereocenters. The van der Waals surface area contributed by atoms with Gasteiger partial charge in [-0.1, -0.05) is 30.4 Å². The van der Waals surface area contributed by atoms with Gasteiger partial charge < -0.3 is 10.5 Å². The average molecular weight is 297 g/mol. The Balaban J connectivity index is 3.25. The van der Waals surface area contributed by atoms with Gasteiger partial charge in [0.15, 0.2) is 0 Å². The Hall–Kier alpha value is -1.77. The lowest BCUT2D eigenvalue weighted by Gasteiger charge is -2.21. The summed E-state index contributed by atoms with van der Waals surface area (Å²) >= 11 is 5.88. The third kappa shape index (κ3) is 3.86. The highest BCUT2D eigenvalue weighted by Gasteiger charge is 2.19. The van der Waals surface area contributed by atoms with E-state index in [-0.39, 0.29) is 16.4 Å². The monoisotopic (exact) mass is 296 g/mol. The zero-order chi connectivity index (χ0) is 15.3. The van der Waals surface area contributed by atoms with Gasteiger partial charge in [0.2, 0.25) is 0 Å². The van der Waals surface area contributed by atoms with Crippen LogP contribution in [0, 0.1) is 22.0 Å². The molecular formula is C14H17ClN2O3. The number of hydrogen-bond donors (Lipinski definition) is 1. The van der Waals surface area contributed by atoms with Crippen molar-refractivity contribution < 1.29 is 9.66 Å². The van der Waals surface area contributed by atoms with Gasteiger partial charge in [-0.2, -0.15) is 0 Å². The maximum Gasteiger partial charge on any atom is 0.272 e. The van der Waals surface area contributed by atoms with Gasteiger partial charge in [-0.25, -0.2) is 0 Å². The summed E-state index contributed by atoms with van der Waals surface area (Å²) < 4.78 is 5.57. The van der Waals surface area contributed by atoms with Crippen LogP contribution in [0.5, 0.6) is 0 Å². The smallest absolute Gasteiger partial charge is 0.272 e. The largest absolute Gasteiger partial charge is 0.397 e. The molecule has 0 bridgehead atoms. The van der Waals surface area contributed by atoms with Gasteiger partial charge in [0.05, 0.1) is 21.2 Å².